The normalized spacial score (nSPS) is 10.8. The number of rotatable bonds is 2. The van der Waals surface area contributed by atoms with E-state index in [2.05, 4.69) is 0 Å². The molecule has 0 aliphatic rings. The zero-order valence-electron chi connectivity index (χ0n) is 7.51. The van der Waals surface area contributed by atoms with Crippen molar-refractivity contribution < 1.29 is 9.13 Å². The summed E-state index contributed by atoms with van der Waals surface area (Å²) in [7, 11) is 0. The van der Waals surface area contributed by atoms with E-state index in [0.29, 0.717) is 27.5 Å². The Kier molecular flexibility index (Phi) is 2.61. The van der Waals surface area contributed by atoms with Gasteiger partial charge in [-0.3, -0.25) is 0 Å². The molecule has 1 nitrogen and oxygen atoms in total. The van der Waals surface area contributed by atoms with E-state index in [1.165, 1.54) is 17.4 Å². The number of halogens is 2. The quantitative estimate of drug-likeness (QED) is 0.755. The Morgan fingerprint density at radius 3 is 3.00 bits per heavy atom. The summed E-state index contributed by atoms with van der Waals surface area (Å²) in [5.74, 6) is 0.399. The van der Waals surface area contributed by atoms with E-state index in [-0.39, 0.29) is 5.82 Å². The molecule has 0 atom stereocenters. The fourth-order valence-corrected chi connectivity index (χ4v) is 2.55. The molecule has 14 heavy (non-hydrogen) atoms. The van der Waals surface area contributed by atoms with Crippen LogP contribution < -0.4 is 4.74 Å². The van der Waals surface area contributed by atoms with E-state index < -0.39 is 0 Å². The first-order valence-electron chi connectivity index (χ1n) is 4.22. The van der Waals surface area contributed by atoms with Crippen molar-refractivity contribution >= 4 is 33.0 Å². The van der Waals surface area contributed by atoms with Gasteiger partial charge in [0.1, 0.15) is 11.6 Å². The second kappa shape index (κ2) is 3.75. The molecule has 2 rings (SSSR count). The Bertz CT molecular complexity index is 466. The Morgan fingerprint density at radius 1 is 1.50 bits per heavy atom. The molecule has 1 aromatic heterocycles. The minimum atomic E-state index is -0.250. The molecule has 0 saturated heterocycles. The number of hydrogen-bond acceptors (Lipinski definition) is 2. The Morgan fingerprint density at radius 2 is 2.29 bits per heavy atom. The molecule has 0 N–H and O–H groups in total. The Hall–Kier alpha value is -0.800. The number of hydrogen-bond donors (Lipinski definition) is 0. The van der Waals surface area contributed by atoms with Crippen LogP contribution in [0.5, 0.6) is 5.75 Å². The average molecular weight is 231 g/mol. The summed E-state index contributed by atoms with van der Waals surface area (Å²) in [5.41, 5.74) is 0. The summed E-state index contributed by atoms with van der Waals surface area (Å²) in [6.07, 6.45) is 0. The van der Waals surface area contributed by atoms with Gasteiger partial charge in [-0.15, -0.1) is 11.3 Å². The summed E-state index contributed by atoms with van der Waals surface area (Å²) in [5, 5.41) is 2.95. The highest BCUT2D eigenvalue weighted by atomic mass is 35.5. The van der Waals surface area contributed by atoms with Gasteiger partial charge >= 0.3 is 0 Å². The third-order valence-electron chi connectivity index (χ3n) is 1.89. The molecule has 0 spiro atoms. The molecule has 4 heteroatoms. The fraction of sp³-hybridized carbons (Fsp3) is 0.200. The third-order valence-corrected chi connectivity index (χ3v) is 3.31. The van der Waals surface area contributed by atoms with Crippen LogP contribution in [0.25, 0.3) is 10.1 Å². The number of benzene rings is 1. The molecule has 0 bridgehead atoms. The van der Waals surface area contributed by atoms with Crippen molar-refractivity contribution in [3.8, 4) is 5.75 Å². The third kappa shape index (κ3) is 1.47. The molecule has 0 unspecified atom stereocenters. The smallest absolute Gasteiger partial charge is 0.141 e. The van der Waals surface area contributed by atoms with E-state index in [9.17, 15) is 4.39 Å². The standard InChI is InChI=1S/C10H8ClFOS/c1-2-13-8-4-3-7(12)10-9(8)6(11)5-14-10/h3-5H,2H2,1H3. The van der Waals surface area contributed by atoms with Crippen molar-refractivity contribution in [1.29, 1.82) is 0 Å². The first-order chi connectivity index (χ1) is 6.74. The Labute approximate surface area is 90.1 Å². The molecular weight excluding hydrogens is 223 g/mol. The second-order valence-electron chi connectivity index (χ2n) is 2.77. The van der Waals surface area contributed by atoms with Gasteiger partial charge < -0.3 is 4.74 Å². The van der Waals surface area contributed by atoms with Crippen LogP contribution in [-0.2, 0) is 0 Å². The van der Waals surface area contributed by atoms with Crippen molar-refractivity contribution in [3.63, 3.8) is 0 Å². The van der Waals surface area contributed by atoms with Gasteiger partial charge in [0, 0.05) is 5.38 Å². The molecule has 0 fully saturated rings. The van der Waals surface area contributed by atoms with Crippen molar-refractivity contribution in [2.24, 2.45) is 0 Å². The lowest BCUT2D eigenvalue weighted by molar-refractivity contribution is 0.344. The van der Waals surface area contributed by atoms with Crippen LogP contribution in [-0.4, -0.2) is 6.61 Å². The van der Waals surface area contributed by atoms with E-state index >= 15 is 0 Å². The molecule has 0 aliphatic heterocycles. The predicted octanol–water partition coefficient (Wildman–Crippen LogP) is 4.09. The summed E-state index contributed by atoms with van der Waals surface area (Å²) in [6.45, 7) is 2.43. The molecule has 1 heterocycles. The minimum absolute atomic E-state index is 0.250. The van der Waals surface area contributed by atoms with Gasteiger partial charge in [-0.1, -0.05) is 11.6 Å². The van der Waals surface area contributed by atoms with Crippen molar-refractivity contribution in [1.82, 2.24) is 0 Å². The summed E-state index contributed by atoms with van der Waals surface area (Å²) in [4.78, 5) is 0. The summed E-state index contributed by atoms with van der Waals surface area (Å²) < 4.78 is 19.2. The fourth-order valence-electron chi connectivity index (χ4n) is 1.33. The van der Waals surface area contributed by atoms with Gasteiger partial charge in [0.05, 0.1) is 21.7 Å². The molecule has 0 amide bonds. The minimum Gasteiger partial charge on any atom is -0.493 e. The van der Waals surface area contributed by atoms with Crippen molar-refractivity contribution in [2.75, 3.05) is 6.61 Å². The molecule has 2 aromatic rings. The van der Waals surface area contributed by atoms with Gasteiger partial charge in [-0.05, 0) is 19.1 Å². The molecule has 0 aliphatic carbocycles. The second-order valence-corrected chi connectivity index (χ2v) is 4.05. The van der Waals surface area contributed by atoms with Crippen LogP contribution in [0, 0.1) is 5.82 Å². The highest BCUT2D eigenvalue weighted by Gasteiger charge is 2.11. The van der Waals surface area contributed by atoms with Crippen LogP contribution in [0.15, 0.2) is 17.5 Å². The monoisotopic (exact) mass is 230 g/mol. The zero-order valence-corrected chi connectivity index (χ0v) is 9.08. The number of thiophene rings is 1. The van der Waals surface area contributed by atoms with Gasteiger partial charge in [0.2, 0.25) is 0 Å². The largest absolute Gasteiger partial charge is 0.493 e. The van der Waals surface area contributed by atoms with Crippen LogP contribution in [0.3, 0.4) is 0 Å². The Balaban J connectivity index is 2.72. The first kappa shape index (κ1) is 9.74. The van der Waals surface area contributed by atoms with Crippen LogP contribution in [0.1, 0.15) is 6.92 Å². The van der Waals surface area contributed by atoms with Gasteiger partial charge in [-0.25, -0.2) is 4.39 Å². The first-order valence-corrected chi connectivity index (χ1v) is 5.47. The topological polar surface area (TPSA) is 9.23 Å². The van der Waals surface area contributed by atoms with E-state index in [0.717, 1.165) is 0 Å². The van der Waals surface area contributed by atoms with Crippen LogP contribution >= 0.6 is 22.9 Å². The lowest BCUT2D eigenvalue weighted by atomic mass is 10.2. The number of fused-ring (bicyclic) bond motifs is 1. The predicted molar refractivity (Wildman–Crippen MR) is 58.0 cm³/mol. The van der Waals surface area contributed by atoms with E-state index in [1.807, 2.05) is 6.92 Å². The van der Waals surface area contributed by atoms with Gasteiger partial charge in [0.15, 0.2) is 0 Å². The molecule has 1 aromatic carbocycles. The highest BCUT2D eigenvalue weighted by molar-refractivity contribution is 7.18. The van der Waals surface area contributed by atoms with Crippen molar-refractivity contribution in [2.45, 2.75) is 6.92 Å². The maximum Gasteiger partial charge on any atom is 0.141 e. The lowest BCUT2D eigenvalue weighted by Gasteiger charge is -2.04. The van der Waals surface area contributed by atoms with Gasteiger partial charge in [-0.2, -0.15) is 0 Å². The van der Waals surface area contributed by atoms with E-state index in [4.69, 9.17) is 16.3 Å². The maximum absolute atomic E-state index is 13.3. The van der Waals surface area contributed by atoms with Crippen molar-refractivity contribution in [3.05, 3.63) is 28.4 Å². The average Bonchev–Trinajstić information content (AvgIpc) is 2.55. The van der Waals surface area contributed by atoms with Crippen LogP contribution in [0.2, 0.25) is 5.02 Å². The molecule has 0 radical (unpaired) electrons. The van der Waals surface area contributed by atoms with Gasteiger partial charge in [0.25, 0.3) is 0 Å². The summed E-state index contributed by atoms with van der Waals surface area (Å²) >= 11 is 7.24. The molecular formula is C10H8ClFOS. The SMILES string of the molecule is CCOc1ccc(F)c2scc(Cl)c12. The number of ether oxygens (including phenoxy) is 1. The van der Waals surface area contributed by atoms with E-state index in [1.54, 1.807) is 11.4 Å². The zero-order chi connectivity index (χ0) is 10.1. The van der Waals surface area contributed by atoms with Crippen LogP contribution in [0.4, 0.5) is 4.39 Å². The highest BCUT2D eigenvalue weighted by Crippen LogP contribution is 2.38. The molecule has 0 saturated carbocycles. The molecule has 74 valence electrons. The maximum atomic E-state index is 13.3. The lowest BCUT2D eigenvalue weighted by Crippen LogP contribution is -1.92. The summed E-state index contributed by atoms with van der Waals surface area (Å²) in [6, 6.07) is 3.01.